The summed E-state index contributed by atoms with van der Waals surface area (Å²) < 4.78 is 87.5. The van der Waals surface area contributed by atoms with Crippen LogP contribution in [0.3, 0.4) is 0 Å². The number of aliphatic hydroxyl groups excluding tert-OH is 10. The van der Waals surface area contributed by atoms with Gasteiger partial charge in [0.2, 0.25) is 17.7 Å². The average molecular weight is 1220 g/mol. The Labute approximate surface area is 473 Å². The molecule has 32 heteroatoms. The first-order valence-electron chi connectivity index (χ1n) is 27.6. The first kappa shape index (κ1) is 73.2. The molecule has 0 aromatic heterocycles. The summed E-state index contributed by atoms with van der Waals surface area (Å²) in [5, 5.41) is 99.5. The number of phosphoric ester groups is 1. The Hall–Kier alpha value is -2.01. The smallest absolute Gasteiger partial charge is 0.395 e. The summed E-state index contributed by atoms with van der Waals surface area (Å²) >= 11 is 0. The van der Waals surface area contributed by atoms with Crippen molar-refractivity contribution in [2.24, 2.45) is 17.8 Å². The van der Waals surface area contributed by atoms with Gasteiger partial charge in [-0.15, -0.1) is 0 Å². The predicted octanol–water partition coefficient (Wildman–Crippen LogP) is -2.51. The highest BCUT2D eigenvalue weighted by Crippen LogP contribution is 2.44. The topological polar surface area (TPSA) is 419 Å². The number of aliphatic hydroxyl groups is 10. The highest BCUT2D eigenvalue weighted by Gasteiger charge is 2.45. The molecule has 0 saturated carbocycles. The van der Waals surface area contributed by atoms with Crippen molar-refractivity contribution in [2.45, 2.75) is 153 Å². The van der Waals surface area contributed by atoms with E-state index >= 15 is 0 Å². The van der Waals surface area contributed by atoms with Crippen molar-refractivity contribution in [1.82, 2.24) is 14.7 Å². The highest BCUT2D eigenvalue weighted by molar-refractivity contribution is 7.52. The standard InChI is InChI=1S/C49H93N3O27P2/c1-31(2)69-23-14-51(39(58)11-8-21-71-48-33(4)42(61)45(64)36(29-55)78-48)15-24-73-80(6,66)74-25-16-52(40(59)12-9-22-72-49-34(5)43(62)46(65)37(30-56)79-49)18-27-76-81(67,68)75-26-17-50(13-19-53)38(57)10-7-20-70-47-32(3)41(60)44(63)35(28-54)77-47/h31-37,41-49,53-56,60-65H,7-30H2,1-6H3,(H,67,68)/t32?,33?,34?,35?,36?,37?,41-,42-,43-,44+,45+,46+,47-,48-,49-,80?/m1/s1. The minimum absolute atomic E-state index is 0.00118. The molecular weight excluding hydrogens is 1120 g/mol. The third kappa shape index (κ3) is 25.1. The maximum absolute atomic E-state index is 13.6. The minimum Gasteiger partial charge on any atom is -0.395 e. The Morgan fingerprint density at radius 2 is 0.765 bits per heavy atom. The molecule has 30 nitrogen and oxygen atoms in total. The zero-order valence-electron chi connectivity index (χ0n) is 47.4. The van der Waals surface area contributed by atoms with Gasteiger partial charge in [0.1, 0.15) is 36.6 Å². The lowest BCUT2D eigenvalue weighted by Crippen LogP contribution is -2.55. The van der Waals surface area contributed by atoms with E-state index in [4.69, 9.17) is 51.3 Å². The second-order valence-electron chi connectivity index (χ2n) is 20.5. The van der Waals surface area contributed by atoms with Crippen molar-refractivity contribution in [3.05, 3.63) is 0 Å². The number of rotatable bonds is 40. The maximum atomic E-state index is 13.6. The monoisotopic (exact) mass is 1220 g/mol. The van der Waals surface area contributed by atoms with Gasteiger partial charge in [0, 0.05) is 82.9 Å². The normalized spacial score (nSPS) is 30.4. The Morgan fingerprint density at radius 3 is 1.06 bits per heavy atom. The van der Waals surface area contributed by atoms with Gasteiger partial charge in [0.25, 0.3) is 0 Å². The van der Waals surface area contributed by atoms with E-state index in [-0.39, 0.29) is 129 Å². The van der Waals surface area contributed by atoms with Gasteiger partial charge in [-0.05, 0) is 33.1 Å². The number of hydrogen-bond donors (Lipinski definition) is 11. The van der Waals surface area contributed by atoms with E-state index in [1.54, 1.807) is 20.8 Å². The number of carbonyl (C=O) groups excluding carboxylic acids is 3. The van der Waals surface area contributed by atoms with E-state index in [0.29, 0.717) is 0 Å². The molecule has 3 amide bonds. The molecule has 3 aliphatic heterocycles. The van der Waals surface area contributed by atoms with Crippen molar-refractivity contribution < 1.29 is 131 Å². The lowest BCUT2D eigenvalue weighted by molar-refractivity contribution is -0.282. The van der Waals surface area contributed by atoms with Crippen LogP contribution in [0.25, 0.3) is 0 Å². The van der Waals surface area contributed by atoms with Crippen LogP contribution in [0.1, 0.15) is 73.1 Å². The van der Waals surface area contributed by atoms with Crippen molar-refractivity contribution in [2.75, 3.05) is 125 Å². The Morgan fingerprint density at radius 1 is 0.469 bits per heavy atom. The molecule has 476 valence electrons. The predicted molar refractivity (Wildman–Crippen MR) is 281 cm³/mol. The second kappa shape index (κ2) is 37.5. The van der Waals surface area contributed by atoms with E-state index < -0.39 is 158 Å². The number of phosphoric acid groups is 1. The van der Waals surface area contributed by atoms with Gasteiger partial charge in [0.05, 0.1) is 104 Å². The summed E-state index contributed by atoms with van der Waals surface area (Å²) in [5.41, 5.74) is 0. The SMILES string of the molecule is CC(C)OCCN(CCOP(C)(=O)OCCN(CCOP(=O)(O)OCCN(CCO)C(=O)CCCO[C@@H]1OC(CO)[C@H](O)[C@H](O)C1C)C(=O)CCCO[C@@H]1OC(CO)[C@H](O)[C@H](O)C1C)C(=O)CCCO[C@@H]1OC(CO)[C@H](O)[C@H](O)C1C. The van der Waals surface area contributed by atoms with E-state index in [9.17, 15) is 79.5 Å². The first-order chi connectivity index (χ1) is 38.3. The number of hydrogen-bond acceptors (Lipinski definition) is 26. The zero-order chi connectivity index (χ0) is 60.5. The first-order valence-corrected chi connectivity index (χ1v) is 31.1. The third-order valence-corrected chi connectivity index (χ3v) is 16.2. The summed E-state index contributed by atoms with van der Waals surface area (Å²) in [4.78, 5) is 54.4. The Kier molecular flexibility index (Phi) is 33.9. The van der Waals surface area contributed by atoms with Crippen molar-refractivity contribution in [3.8, 4) is 0 Å². The van der Waals surface area contributed by atoms with Gasteiger partial charge < -0.3 is 113 Å². The fourth-order valence-electron chi connectivity index (χ4n) is 8.82. The zero-order valence-corrected chi connectivity index (χ0v) is 49.2. The van der Waals surface area contributed by atoms with Gasteiger partial charge in [-0.25, -0.2) is 4.57 Å². The third-order valence-electron chi connectivity index (χ3n) is 13.9. The molecule has 0 bridgehead atoms. The summed E-state index contributed by atoms with van der Waals surface area (Å²) in [5.74, 6) is -3.20. The molecule has 0 aromatic carbocycles. The lowest BCUT2D eigenvalue weighted by Gasteiger charge is -2.40. The van der Waals surface area contributed by atoms with Crippen molar-refractivity contribution >= 4 is 33.1 Å². The van der Waals surface area contributed by atoms with Gasteiger partial charge >= 0.3 is 15.4 Å². The van der Waals surface area contributed by atoms with Gasteiger partial charge in [-0.2, -0.15) is 0 Å². The summed E-state index contributed by atoms with van der Waals surface area (Å²) in [6.07, 6.45) is -13.5. The summed E-state index contributed by atoms with van der Waals surface area (Å²) in [7, 11) is -8.66. The van der Waals surface area contributed by atoms with Crippen LogP contribution in [0.5, 0.6) is 0 Å². The van der Waals surface area contributed by atoms with Gasteiger partial charge in [-0.1, -0.05) is 20.8 Å². The van der Waals surface area contributed by atoms with Crippen LogP contribution in [0.15, 0.2) is 0 Å². The van der Waals surface area contributed by atoms with Crippen LogP contribution in [0, 0.1) is 17.8 Å². The minimum atomic E-state index is -4.82. The summed E-state index contributed by atoms with van der Waals surface area (Å²) in [6.45, 7) is 5.40. The molecule has 0 aromatic rings. The molecule has 3 fully saturated rings. The van der Waals surface area contributed by atoms with Crippen LogP contribution < -0.4 is 0 Å². The number of carbonyl (C=O) groups is 3. The van der Waals surface area contributed by atoms with Crippen molar-refractivity contribution in [3.63, 3.8) is 0 Å². The summed E-state index contributed by atoms with van der Waals surface area (Å²) in [6, 6.07) is 0. The van der Waals surface area contributed by atoms with Crippen LogP contribution in [-0.4, -0.2) is 294 Å². The van der Waals surface area contributed by atoms with E-state index in [0.717, 1.165) is 0 Å². The van der Waals surface area contributed by atoms with Crippen LogP contribution in [0.2, 0.25) is 0 Å². The largest absolute Gasteiger partial charge is 0.472 e. The fourth-order valence-corrected chi connectivity index (χ4v) is 10.4. The van der Waals surface area contributed by atoms with E-state index in [1.165, 1.54) is 21.4 Å². The van der Waals surface area contributed by atoms with Gasteiger partial charge in [0.15, 0.2) is 18.9 Å². The number of nitrogens with zero attached hydrogens (tertiary/aromatic N) is 3. The molecule has 0 radical (unpaired) electrons. The van der Waals surface area contributed by atoms with Crippen LogP contribution >= 0.6 is 15.4 Å². The molecule has 11 N–H and O–H groups in total. The number of ether oxygens (including phenoxy) is 7. The highest BCUT2D eigenvalue weighted by atomic mass is 31.2. The molecule has 0 aliphatic carbocycles. The van der Waals surface area contributed by atoms with Crippen LogP contribution in [-0.2, 0) is 74.8 Å². The van der Waals surface area contributed by atoms with E-state index in [1.807, 2.05) is 13.8 Å². The molecule has 3 saturated heterocycles. The molecule has 3 heterocycles. The second-order valence-corrected chi connectivity index (χ2v) is 24.0. The lowest BCUT2D eigenvalue weighted by atomic mass is 9.92. The fraction of sp³-hybridized carbons (Fsp3) is 0.939. The maximum Gasteiger partial charge on any atom is 0.472 e. The molecule has 8 unspecified atom stereocenters. The Bertz CT molecular complexity index is 1900. The Balaban J connectivity index is 1.55. The molecular formula is C49H93N3O27P2. The van der Waals surface area contributed by atoms with Crippen molar-refractivity contribution in [1.29, 1.82) is 0 Å². The quantitative estimate of drug-likeness (QED) is 0.0223. The molecule has 3 rings (SSSR count). The number of amides is 3. The van der Waals surface area contributed by atoms with E-state index in [2.05, 4.69) is 0 Å². The molecule has 3 aliphatic rings. The van der Waals surface area contributed by atoms with Gasteiger partial charge in [-0.3, -0.25) is 28.0 Å². The molecule has 17 atom stereocenters. The average Bonchev–Trinajstić information content (AvgIpc) is 3.43. The van der Waals surface area contributed by atoms with Crippen LogP contribution in [0.4, 0.5) is 0 Å². The molecule has 81 heavy (non-hydrogen) atoms. The molecule has 0 spiro atoms.